The number of aromatic nitrogens is 2. The van der Waals surface area contributed by atoms with Crippen LogP contribution in [0.5, 0.6) is 11.5 Å². The molecule has 3 rings (SSSR count). The van der Waals surface area contributed by atoms with Crippen molar-refractivity contribution in [2.75, 3.05) is 6.79 Å². The van der Waals surface area contributed by atoms with Gasteiger partial charge in [-0.05, 0) is 23.8 Å². The molecule has 0 atom stereocenters. The highest BCUT2D eigenvalue weighted by molar-refractivity contribution is 5.98. The van der Waals surface area contributed by atoms with Crippen molar-refractivity contribution in [3.8, 4) is 11.5 Å². The van der Waals surface area contributed by atoms with Crippen LogP contribution in [-0.2, 0) is 9.53 Å². The molecule has 1 aliphatic heterocycles. The Balaban J connectivity index is 1.54. The third-order valence-electron chi connectivity index (χ3n) is 3.01. The van der Waals surface area contributed by atoms with Gasteiger partial charge in [-0.15, -0.1) is 0 Å². The van der Waals surface area contributed by atoms with Gasteiger partial charge in [0.05, 0.1) is 0 Å². The first kappa shape index (κ1) is 15.4. The van der Waals surface area contributed by atoms with E-state index in [1.807, 2.05) is 12.1 Å². The Bertz CT molecular complexity index is 815. The molecule has 1 aromatic carbocycles. The standard InChI is InChI=1S/C17H12N2O5/c20-16(24-17(21)13-7-8-18-10-19-13)4-2-1-3-12-5-6-14-15(9-12)23-11-22-14/h1-10H,11H2. The number of hydrogen-bond acceptors (Lipinski definition) is 7. The molecule has 0 saturated carbocycles. The van der Waals surface area contributed by atoms with Crippen LogP contribution < -0.4 is 9.47 Å². The minimum absolute atomic E-state index is 0.0163. The van der Waals surface area contributed by atoms with Gasteiger partial charge in [0.1, 0.15) is 6.33 Å². The quantitative estimate of drug-likeness (QED) is 0.368. The molecule has 0 saturated heterocycles. The fraction of sp³-hybridized carbons (Fsp3) is 0.0588. The highest BCUT2D eigenvalue weighted by atomic mass is 16.7. The highest BCUT2D eigenvalue weighted by Gasteiger charge is 2.12. The summed E-state index contributed by atoms with van der Waals surface area (Å²) in [6.45, 7) is 0.217. The van der Waals surface area contributed by atoms with Crippen molar-refractivity contribution < 1.29 is 23.8 Å². The number of hydrogen-bond donors (Lipinski definition) is 0. The van der Waals surface area contributed by atoms with E-state index in [-0.39, 0.29) is 12.5 Å². The summed E-state index contributed by atoms with van der Waals surface area (Å²) in [5.74, 6) is -0.230. The van der Waals surface area contributed by atoms with Crippen LogP contribution >= 0.6 is 0 Å². The third kappa shape index (κ3) is 3.83. The summed E-state index contributed by atoms with van der Waals surface area (Å²) in [6.07, 6.45) is 8.62. The normalized spacial score (nSPS) is 12.7. The van der Waals surface area contributed by atoms with Crippen molar-refractivity contribution in [1.82, 2.24) is 9.97 Å². The van der Waals surface area contributed by atoms with E-state index in [4.69, 9.17) is 9.47 Å². The lowest BCUT2D eigenvalue weighted by Gasteiger charge is -1.98. The predicted molar refractivity (Wildman–Crippen MR) is 83.2 cm³/mol. The number of carbonyl (C=O) groups is 2. The lowest BCUT2D eigenvalue weighted by atomic mass is 10.2. The highest BCUT2D eigenvalue weighted by Crippen LogP contribution is 2.32. The van der Waals surface area contributed by atoms with Gasteiger partial charge in [0.2, 0.25) is 6.79 Å². The predicted octanol–water partition coefficient (Wildman–Crippen LogP) is 2.16. The maximum Gasteiger partial charge on any atom is 0.364 e. The van der Waals surface area contributed by atoms with Crippen LogP contribution in [0, 0.1) is 0 Å². The van der Waals surface area contributed by atoms with Gasteiger partial charge in [-0.2, -0.15) is 0 Å². The molecule has 24 heavy (non-hydrogen) atoms. The van der Waals surface area contributed by atoms with Gasteiger partial charge in [-0.1, -0.05) is 24.3 Å². The van der Waals surface area contributed by atoms with Crippen molar-refractivity contribution in [3.63, 3.8) is 0 Å². The molecule has 7 nitrogen and oxygen atoms in total. The van der Waals surface area contributed by atoms with Crippen molar-refractivity contribution in [3.05, 3.63) is 66.3 Å². The monoisotopic (exact) mass is 324 g/mol. The average Bonchev–Trinajstić information content (AvgIpc) is 3.07. The molecule has 0 amide bonds. The van der Waals surface area contributed by atoms with Crippen LogP contribution in [0.3, 0.4) is 0 Å². The number of allylic oxidation sites excluding steroid dienone is 2. The second kappa shape index (κ2) is 7.19. The lowest BCUT2D eigenvalue weighted by molar-refractivity contribution is -0.132. The van der Waals surface area contributed by atoms with E-state index >= 15 is 0 Å². The molecule has 120 valence electrons. The van der Waals surface area contributed by atoms with Crippen molar-refractivity contribution in [1.29, 1.82) is 0 Å². The Morgan fingerprint density at radius 3 is 2.83 bits per heavy atom. The zero-order valence-corrected chi connectivity index (χ0v) is 12.4. The maximum absolute atomic E-state index is 11.6. The molecule has 2 heterocycles. The Morgan fingerprint density at radius 1 is 1.12 bits per heavy atom. The van der Waals surface area contributed by atoms with Crippen LogP contribution in [0.2, 0.25) is 0 Å². The van der Waals surface area contributed by atoms with Gasteiger partial charge in [0, 0.05) is 12.3 Å². The number of benzene rings is 1. The molecule has 0 bridgehead atoms. The molecule has 0 unspecified atom stereocenters. The van der Waals surface area contributed by atoms with E-state index in [0.29, 0.717) is 11.5 Å². The lowest BCUT2D eigenvalue weighted by Crippen LogP contribution is -2.11. The summed E-state index contributed by atoms with van der Waals surface area (Å²) in [7, 11) is 0. The Morgan fingerprint density at radius 2 is 2.00 bits per heavy atom. The van der Waals surface area contributed by atoms with Crippen LogP contribution in [0.4, 0.5) is 0 Å². The second-order valence-electron chi connectivity index (χ2n) is 4.63. The Hall–Kier alpha value is -3.48. The Kier molecular flexibility index (Phi) is 4.62. The van der Waals surface area contributed by atoms with E-state index in [2.05, 4.69) is 14.7 Å². The fourth-order valence-electron chi connectivity index (χ4n) is 1.91. The minimum atomic E-state index is -0.827. The smallest absolute Gasteiger partial charge is 0.364 e. The first-order valence-corrected chi connectivity index (χ1v) is 6.99. The van der Waals surface area contributed by atoms with Crippen LogP contribution in [0.1, 0.15) is 16.1 Å². The van der Waals surface area contributed by atoms with Gasteiger partial charge in [-0.3, -0.25) is 0 Å². The number of carbonyl (C=O) groups excluding carboxylic acids is 2. The summed E-state index contributed by atoms with van der Waals surface area (Å²) in [5, 5.41) is 0. The van der Waals surface area contributed by atoms with Gasteiger partial charge in [-0.25, -0.2) is 19.6 Å². The van der Waals surface area contributed by atoms with Gasteiger partial charge >= 0.3 is 11.9 Å². The van der Waals surface area contributed by atoms with E-state index in [9.17, 15) is 9.59 Å². The van der Waals surface area contributed by atoms with Gasteiger partial charge in [0.15, 0.2) is 17.2 Å². The summed E-state index contributed by atoms with van der Waals surface area (Å²) in [5.41, 5.74) is 0.900. The summed E-state index contributed by atoms with van der Waals surface area (Å²) in [6, 6.07) is 6.84. The second-order valence-corrected chi connectivity index (χ2v) is 4.63. The number of fused-ring (bicyclic) bond motifs is 1. The van der Waals surface area contributed by atoms with Crippen LogP contribution in [0.25, 0.3) is 6.08 Å². The first-order chi connectivity index (χ1) is 11.7. The number of ether oxygens (including phenoxy) is 3. The average molecular weight is 324 g/mol. The summed E-state index contributed by atoms with van der Waals surface area (Å²) >= 11 is 0. The van der Waals surface area contributed by atoms with E-state index < -0.39 is 11.9 Å². The van der Waals surface area contributed by atoms with Crippen molar-refractivity contribution in [2.24, 2.45) is 0 Å². The number of rotatable bonds is 4. The molecule has 0 radical (unpaired) electrons. The number of esters is 2. The zero-order chi connectivity index (χ0) is 16.8. The molecular formula is C17H12N2O5. The molecular weight excluding hydrogens is 312 g/mol. The molecule has 7 heteroatoms. The molecule has 1 aromatic heterocycles. The summed E-state index contributed by atoms with van der Waals surface area (Å²) in [4.78, 5) is 30.5. The Labute approximate surface area is 137 Å². The van der Waals surface area contributed by atoms with Crippen LogP contribution in [0.15, 0.2) is 55.0 Å². The van der Waals surface area contributed by atoms with Crippen LogP contribution in [-0.4, -0.2) is 28.7 Å². The van der Waals surface area contributed by atoms with Gasteiger partial charge in [0.25, 0.3) is 0 Å². The molecule has 0 fully saturated rings. The first-order valence-electron chi connectivity index (χ1n) is 6.99. The molecule has 2 aromatic rings. The molecule has 0 aliphatic carbocycles. The van der Waals surface area contributed by atoms with E-state index in [1.165, 1.54) is 24.7 Å². The number of nitrogens with zero attached hydrogens (tertiary/aromatic N) is 2. The summed E-state index contributed by atoms with van der Waals surface area (Å²) < 4.78 is 15.1. The zero-order valence-electron chi connectivity index (χ0n) is 12.4. The van der Waals surface area contributed by atoms with E-state index in [1.54, 1.807) is 18.2 Å². The third-order valence-corrected chi connectivity index (χ3v) is 3.01. The molecule has 1 aliphatic rings. The largest absolute Gasteiger partial charge is 0.454 e. The van der Waals surface area contributed by atoms with E-state index in [0.717, 1.165) is 11.6 Å². The minimum Gasteiger partial charge on any atom is -0.454 e. The topological polar surface area (TPSA) is 87.6 Å². The van der Waals surface area contributed by atoms with Gasteiger partial charge < -0.3 is 14.2 Å². The molecule has 0 spiro atoms. The van der Waals surface area contributed by atoms with Crippen molar-refractivity contribution in [2.45, 2.75) is 0 Å². The maximum atomic E-state index is 11.6. The SMILES string of the molecule is O=C(C=CC=Cc1ccc2c(c1)OCO2)OC(=O)c1ccncn1. The fourth-order valence-corrected chi connectivity index (χ4v) is 1.91. The molecule has 0 N–H and O–H groups in total. The van der Waals surface area contributed by atoms with Crippen molar-refractivity contribution >= 4 is 18.0 Å².